The van der Waals surface area contributed by atoms with E-state index in [1.807, 2.05) is 0 Å². The van der Waals surface area contributed by atoms with Crippen LogP contribution in [0.1, 0.15) is 6.92 Å². The van der Waals surface area contributed by atoms with Crippen LogP contribution in [0.5, 0.6) is 5.75 Å². The van der Waals surface area contributed by atoms with E-state index in [2.05, 4.69) is 4.98 Å². The van der Waals surface area contributed by atoms with Gasteiger partial charge in [-0.25, -0.2) is 4.39 Å². The SMILES string of the molecule is CCOc1cc2c(=O)cc[nH]c2cc1F. The second-order valence-electron chi connectivity index (χ2n) is 3.10. The summed E-state index contributed by atoms with van der Waals surface area (Å²) in [7, 11) is 0. The predicted molar refractivity (Wildman–Crippen MR) is 55.7 cm³/mol. The Kier molecular flexibility index (Phi) is 2.41. The van der Waals surface area contributed by atoms with Gasteiger partial charge in [0.15, 0.2) is 17.0 Å². The van der Waals surface area contributed by atoms with Gasteiger partial charge in [0.1, 0.15) is 0 Å². The van der Waals surface area contributed by atoms with Gasteiger partial charge < -0.3 is 9.72 Å². The summed E-state index contributed by atoms with van der Waals surface area (Å²) in [4.78, 5) is 14.3. The van der Waals surface area contributed by atoms with Gasteiger partial charge in [-0.15, -0.1) is 0 Å². The van der Waals surface area contributed by atoms with Crippen molar-refractivity contribution in [3.63, 3.8) is 0 Å². The second kappa shape index (κ2) is 3.73. The van der Waals surface area contributed by atoms with Crippen molar-refractivity contribution in [1.82, 2.24) is 4.98 Å². The van der Waals surface area contributed by atoms with Gasteiger partial charge in [0.2, 0.25) is 0 Å². The molecule has 0 aliphatic rings. The summed E-state index contributed by atoms with van der Waals surface area (Å²) in [5.74, 6) is -0.354. The predicted octanol–water partition coefficient (Wildman–Crippen LogP) is 2.07. The van der Waals surface area contributed by atoms with Crippen LogP contribution in [-0.2, 0) is 0 Å². The van der Waals surface area contributed by atoms with E-state index in [4.69, 9.17) is 4.74 Å². The van der Waals surface area contributed by atoms with Crippen LogP contribution in [-0.4, -0.2) is 11.6 Å². The van der Waals surface area contributed by atoms with Gasteiger partial charge in [-0.3, -0.25) is 4.79 Å². The Morgan fingerprint density at radius 3 is 3.00 bits per heavy atom. The number of pyridine rings is 1. The highest BCUT2D eigenvalue weighted by atomic mass is 19.1. The van der Waals surface area contributed by atoms with Crippen molar-refractivity contribution in [1.29, 1.82) is 0 Å². The normalized spacial score (nSPS) is 10.5. The number of ether oxygens (including phenoxy) is 1. The van der Waals surface area contributed by atoms with E-state index < -0.39 is 5.82 Å². The average molecular weight is 207 g/mol. The van der Waals surface area contributed by atoms with Gasteiger partial charge in [-0.05, 0) is 13.0 Å². The molecule has 0 saturated heterocycles. The monoisotopic (exact) mass is 207 g/mol. The van der Waals surface area contributed by atoms with Crippen LogP contribution in [0.4, 0.5) is 4.39 Å². The van der Waals surface area contributed by atoms with E-state index >= 15 is 0 Å². The van der Waals surface area contributed by atoms with Gasteiger partial charge in [-0.2, -0.15) is 0 Å². The third kappa shape index (κ3) is 1.70. The van der Waals surface area contributed by atoms with Gasteiger partial charge in [0, 0.05) is 23.7 Å². The molecule has 0 fully saturated rings. The van der Waals surface area contributed by atoms with Crippen LogP contribution in [0.2, 0.25) is 0 Å². The standard InChI is InChI=1S/C11H10FNO2/c1-2-15-11-5-7-9(6-8(11)12)13-4-3-10(7)14/h3-6H,2H2,1H3,(H,13,14). The summed E-state index contributed by atoms with van der Waals surface area (Å²) in [6.07, 6.45) is 1.49. The highest BCUT2D eigenvalue weighted by Gasteiger charge is 2.07. The van der Waals surface area contributed by atoms with Crippen LogP contribution in [0, 0.1) is 5.82 Å². The van der Waals surface area contributed by atoms with Crippen molar-refractivity contribution in [3.8, 4) is 5.75 Å². The Morgan fingerprint density at radius 1 is 1.47 bits per heavy atom. The molecule has 2 rings (SSSR count). The van der Waals surface area contributed by atoms with Crippen molar-refractivity contribution in [3.05, 3.63) is 40.4 Å². The number of hydrogen-bond acceptors (Lipinski definition) is 2. The van der Waals surface area contributed by atoms with E-state index in [-0.39, 0.29) is 11.2 Å². The first kappa shape index (κ1) is 9.71. The van der Waals surface area contributed by atoms with Crippen LogP contribution >= 0.6 is 0 Å². The Hall–Kier alpha value is -1.84. The average Bonchev–Trinajstić information content (AvgIpc) is 2.21. The Balaban J connectivity index is 2.72. The molecule has 15 heavy (non-hydrogen) atoms. The number of fused-ring (bicyclic) bond motifs is 1. The minimum Gasteiger partial charge on any atom is -0.491 e. The molecule has 0 atom stereocenters. The molecule has 0 saturated carbocycles. The Labute approximate surface area is 85.5 Å². The largest absolute Gasteiger partial charge is 0.491 e. The van der Waals surface area contributed by atoms with Gasteiger partial charge >= 0.3 is 0 Å². The van der Waals surface area contributed by atoms with Crippen molar-refractivity contribution in [2.75, 3.05) is 6.61 Å². The molecule has 0 unspecified atom stereocenters. The molecule has 2 aromatic rings. The lowest BCUT2D eigenvalue weighted by molar-refractivity contribution is 0.322. The molecular weight excluding hydrogens is 197 g/mol. The van der Waals surface area contributed by atoms with E-state index in [9.17, 15) is 9.18 Å². The highest BCUT2D eigenvalue weighted by molar-refractivity contribution is 5.79. The maximum atomic E-state index is 13.4. The van der Waals surface area contributed by atoms with Gasteiger partial charge in [-0.1, -0.05) is 0 Å². The first-order chi connectivity index (χ1) is 7.22. The molecule has 0 aliphatic heterocycles. The minimum absolute atomic E-state index is 0.113. The lowest BCUT2D eigenvalue weighted by atomic mass is 10.2. The van der Waals surface area contributed by atoms with E-state index in [1.165, 1.54) is 24.4 Å². The zero-order valence-electron chi connectivity index (χ0n) is 8.21. The molecule has 0 spiro atoms. The summed E-state index contributed by atoms with van der Waals surface area (Å²) in [6, 6.07) is 4.09. The third-order valence-corrected chi connectivity index (χ3v) is 2.11. The molecule has 0 amide bonds. The number of benzene rings is 1. The maximum Gasteiger partial charge on any atom is 0.189 e. The summed E-state index contributed by atoms with van der Waals surface area (Å²) in [5.41, 5.74) is 0.327. The smallest absolute Gasteiger partial charge is 0.189 e. The quantitative estimate of drug-likeness (QED) is 0.819. The van der Waals surface area contributed by atoms with Crippen LogP contribution < -0.4 is 10.2 Å². The summed E-state index contributed by atoms with van der Waals surface area (Å²) >= 11 is 0. The molecule has 1 aromatic carbocycles. The number of nitrogens with one attached hydrogen (secondary N) is 1. The first-order valence-electron chi connectivity index (χ1n) is 4.66. The molecule has 1 N–H and O–H groups in total. The molecule has 4 heteroatoms. The molecule has 0 aliphatic carbocycles. The molecule has 78 valence electrons. The van der Waals surface area contributed by atoms with Crippen LogP contribution in [0.3, 0.4) is 0 Å². The van der Waals surface area contributed by atoms with Crippen molar-refractivity contribution < 1.29 is 9.13 Å². The van der Waals surface area contributed by atoms with Gasteiger partial charge in [0.25, 0.3) is 0 Å². The molecule has 1 aromatic heterocycles. The Bertz CT molecular complexity index is 548. The minimum atomic E-state index is -0.466. The van der Waals surface area contributed by atoms with Crippen molar-refractivity contribution in [2.24, 2.45) is 0 Å². The fourth-order valence-corrected chi connectivity index (χ4v) is 1.44. The van der Waals surface area contributed by atoms with Gasteiger partial charge in [0.05, 0.1) is 12.1 Å². The number of aromatic nitrogens is 1. The summed E-state index contributed by atoms with van der Waals surface area (Å²) < 4.78 is 18.5. The molecule has 1 heterocycles. The first-order valence-corrected chi connectivity index (χ1v) is 4.66. The zero-order chi connectivity index (χ0) is 10.8. The van der Waals surface area contributed by atoms with Crippen LogP contribution in [0.15, 0.2) is 29.2 Å². The number of aromatic amines is 1. The van der Waals surface area contributed by atoms with E-state index in [1.54, 1.807) is 6.92 Å². The summed E-state index contributed by atoms with van der Waals surface area (Å²) in [6.45, 7) is 2.13. The summed E-state index contributed by atoms with van der Waals surface area (Å²) in [5, 5.41) is 0.433. The second-order valence-corrected chi connectivity index (χ2v) is 3.10. The lowest BCUT2D eigenvalue weighted by Crippen LogP contribution is -2.02. The maximum absolute atomic E-state index is 13.4. The van der Waals surface area contributed by atoms with E-state index in [0.717, 1.165) is 0 Å². The zero-order valence-corrected chi connectivity index (χ0v) is 8.21. The lowest BCUT2D eigenvalue weighted by Gasteiger charge is -2.05. The third-order valence-electron chi connectivity index (χ3n) is 2.11. The number of hydrogen-bond donors (Lipinski definition) is 1. The molecular formula is C11H10FNO2. The molecule has 3 nitrogen and oxygen atoms in total. The van der Waals surface area contributed by atoms with Crippen LogP contribution in [0.25, 0.3) is 10.9 Å². The van der Waals surface area contributed by atoms with Crippen molar-refractivity contribution >= 4 is 10.9 Å². The highest BCUT2D eigenvalue weighted by Crippen LogP contribution is 2.21. The topological polar surface area (TPSA) is 42.1 Å². The Morgan fingerprint density at radius 2 is 2.27 bits per heavy atom. The van der Waals surface area contributed by atoms with Crippen molar-refractivity contribution in [2.45, 2.75) is 6.92 Å². The van der Waals surface area contributed by atoms with E-state index in [0.29, 0.717) is 17.5 Å². The number of H-pyrrole nitrogens is 1. The number of halogens is 1. The number of rotatable bonds is 2. The fourth-order valence-electron chi connectivity index (χ4n) is 1.44. The molecule has 0 bridgehead atoms. The fraction of sp³-hybridized carbons (Fsp3) is 0.182. The molecule has 0 radical (unpaired) electrons.